The lowest BCUT2D eigenvalue weighted by Crippen LogP contribution is -2.14. The molecule has 150 valence electrons. The van der Waals surface area contributed by atoms with Crippen molar-refractivity contribution in [3.63, 3.8) is 0 Å². The number of amides is 1. The Hall–Kier alpha value is -2.54. The van der Waals surface area contributed by atoms with Crippen LogP contribution in [0.5, 0.6) is 11.5 Å². The Morgan fingerprint density at radius 2 is 1.79 bits per heavy atom. The topological polar surface area (TPSA) is 81.7 Å². The minimum Gasteiger partial charge on any atom is -0.492 e. The molecule has 1 aliphatic rings. The third-order valence-corrected chi connectivity index (χ3v) is 5.44. The van der Waals surface area contributed by atoms with Gasteiger partial charge in [0, 0.05) is 23.6 Å². The van der Waals surface area contributed by atoms with Gasteiger partial charge in [0.15, 0.2) is 9.84 Å². The molecule has 2 aromatic carbocycles. The first-order valence-corrected chi connectivity index (χ1v) is 11.4. The van der Waals surface area contributed by atoms with Crippen molar-refractivity contribution in [1.29, 1.82) is 0 Å². The molecule has 0 atom stereocenters. The van der Waals surface area contributed by atoms with Crippen LogP contribution in [-0.2, 0) is 9.84 Å². The van der Waals surface area contributed by atoms with Gasteiger partial charge in [0.05, 0.1) is 11.9 Å². The monoisotopic (exact) mass is 403 g/mol. The van der Waals surface area contributed by atoms with Gasteiger partial charge in [0.1, 0.15) is 18.1 Å². The van der Waals surface area contributed by atoms with Gasteiger partial charge in [-0.05, 0) is 62.1 Å². The zero-order chi connectivity index (χ0) is 20.0. The quantitative estimate of drug-likeness (QED) is 0.727. The number of benzene rings is 2. The van der Waals surface area contributed by atoms with E-state index in [9.17, 15) is 13.2 Å². The number of sulfone groups is 1. The van der Waals surface area contributed by atoms with Crippen molar-refractivity contribution in [1.82, 2.24) is 0 Å². The largest absolute Gasteiger partial charge is 0.492 e. The van der Waals surface area contributed by atoms with Crippen molar-refractivity contribution in [3.8, 4) is 11.5 Å². The molecule has 28 heavy (non-hydrogen) atoms. The van der Waals surface area contributed by atoms with Crippen LogP contribution in [0.2, 0.25) is 0 Å². The van der Waals surface area contributed by atoms with E-state index < -0.39 is 9.84 Å². The molecule has 1 amide bonds. The van der Waals surface area contributed by atoms with E-state index in [0.717, 1.165) is 24.8 Å². The fourth-order valence-corrected chi connectivity index (χ4v) is 3.45. The number of hydrogen-bond acceptors (Lipinski definition) is 5. The first-order chi connectivity index (χ1) is 13.4. The Bertz CT molecular complexity index is 903. The standard InChI is InChI=1S/C21H25NO5S/c1-28(24,25)14-13-26-20-8-4-5-17(15-20)22-21(23)16-9-11-19(12-10-16)27-18-6-2-3-7-18/h4-5,8-12,15,18H,2-3,6-7,13-14H2,1H3,(H,22,23). The molecule has 6 nitrogen and oxygen atoms in total. The van der Waals surface area contributed by atoms with Crippen LogP contribution in [0.3, 0.4) is 0 Å². The number of hydrogen-bond donors (Lipinski definition) is 1. The van der Waals surface area contributed by atoms with Gasteiger partial charge in [0.2, 0.25) is 0 Å². The number of rotatable bonds is 8. The number of ether oxygens (including phenoxy) is 2. The van der Waals surface area contributed by atoms with Crippen LogP contribution in [0.15, 0.2) is 48.5 Å². The summed E-state index contributed by atoms with van der Waals surface area (Å²) < 4.78 is 33.7. The second kappa shape index (κ2) is 9.10. The van der Waals surface area contributed by atoms with Crippen molar-refractivity contribution >= 4 is 21.4 Å². The van der Waals surface area contributed by atoms with E-state index in [1.165, 1.54) is 12.8 Å². The minimum atomic E-state index is -3.08. The fourth-order valence-electron chi connectivity index (χ4n) is 3.06. The molecule has 1 N–H and O–H groups in total. The Labute approximate surface area is 165 Å². The molecule has 1 saturated carbocycles. The summed E-state index contributed by atoms with van der Waals surface area (Å²) in [4.78, 5) is 12.5. The van der Waals surface area contributed by atoms with Crippen molar-refractivity contribution < 1.29 is 22.7 Å². The summed E-state index contributed by atoms with van der Waals surface area (Å²) in [5.41, 5.74) is 1.11. The maximum Gasteiger partial charge on any atom is 0.255 e. The van der Waals surface area contributed by atoms with Crippen LogP contribution in [0.1, 0.15) is 36.0 Å². The van der Waals surface area contributed by atoms with Gasteiger partial charge in [-0.1, -0.05) is 6.07 Å². The van der Waals surface area contributed by atoms with Crippen LogP contribution in [-0.4, -0.2) is 39.0 Å². The highest BCUT2D eigenvalue weighted by molar-refractivity contribution is 7.90. The van der Waals surface area contributed by atoms with E-state index in [-0.39, 0.29) is 24.4 Å². The van der Waals surface area contributed by atoms with E-state index in [1.807, 2.05) is 12.1 Å². The van der Waals surface area contributed by atoms with Gasteiger partial charge < -0.3 is 14.8 Å². The molecule has 0 unspecified atom stereocenters. The lowest BCUT2D eigenvalue weighted by Gasteiger charge is -2.13. The summed E-state index contributed by atoms with van der Waals surface area (Å²) in [5, 5.41) is 2.82. The first kappa shape index (κ1) is 20.2. The number of carbonyl (C=O) groups is 1. The molecule has 0 spiro atoms. The third kappa shape index (κ3) is 6.27. The van der Waals surface area contributed by atoms with Gasteiger partial charge in [-0.25, -0.2) is 8.42 Å². The molecular formula is C21H25NO5S. The minimum absolute atomic E-state index is 0.0567. The molecule has 2 aromatic rings. The average Bonchev–Trinajstić information content (AvgIpc) is 3.14. The normalized spacial score (nSPS) is 14.6. The zero-order valence-corrected chi connectivity index (χ0v) is 16.7. The highest BCUT2D eigenvalue weighted by Gasteiger charge is 2.16. The summed E-state index contributed by atoms with van der Waals surface area (Å²) in [7, 11) is -3.08. The number of nitrogens with one attached hydrogen (secondary N) is 1. The third-order valence-electron chi connectivity index (χ3n) is 4.54. The molecule has 0 radical (unpaired) electrons. The van der Waals surface area contributed by atoms with Gasteiger partial charge in [-0.15, -0.1) is 0 Å². The maximum absolute atomic E-state index is 12.5. The summed E-state index contributed by atoms with van der Waals surface area (Å²) >= 11 is 0. The highest BCUT2D eigenvalue weighted by atomic mass is 32.2. The van der Waals surface area contributed by atoms with E-state index in [4.69, 9.17) is 9.47 Å². The smallest absolute Gasteiger partial charge is 0.255 e. The highest BCUT2D eigenvalue weighted by Crippen LogP contribution is 2.24. The molecule has 0 saturated heterocycles. The van der Waals surface area contributed by atoms with Crippen LogP contribution >= 0.6 is 0 Å². The zero-order valence-electron chi connectivity index (χ0n) is 15.9. The van der Waals surface area contributed by atoms with E-state index in [0.29, 0.717) is 17.0 Å². The molecule has 7 heteroatoms. The van der Waals surface area contributed by atoms with Crippen LogP contribution in [0, 0.1) is 0 Å². The lowest BCUT2D eigenvalue weighted by atomic mass is 10.2. The van der Waals surface area contributed by atoms with E-state index in [1.54, 1.807) is 36.4 Å². The maximum atomic E-state index is 12.5. The number of anilines is 1. The van der Waals surface area contributed by atoms with Crippen molar-refractivity contribution in [3.05, 3.63) is 54.1 Å². The predicted molar refractivity (Wildman–Crippen MR) is 109 cm³/mol. The second-order valence-corrected chi connectivity index (χ2v) is 9.27. The van der Waals surface area contributed by atoms with E-state index in [2.05, 4.69) is 5.32 Å². The van der Waals surface area contributed by atoms with Gasteiger partial charge >= 0.3 is 0 Å². The Balaban J connectivity index is 1.55. The average molecular weight is 404 g/mol. The van der Waals surface area contributed by atoms with Gasteiger partial charge in [-0.3, -0.25) is 4.79 Å². The first-order valence-electron chi connectivity index (χ1n) is 9.38. The van der Waals surface area contributed by atoms with Crippen molar-refractivity contribution in [2.45, 2.75) is 31.8 Å². The Morgan fingerprint density at radius 3 is 2.46 bits per heavy atom. The molecule has 0 heterocycles. The van der Waals surface area contributed by atoms with Crippen LogP contribution < -0.4 is 14.8 Å². The summed E-state index contributed by atoms with van der Waals surface area (Å²) in [6.07, 6.45) is 6.04. The molecule has 3 rings (SSSR count). The van der Waals surface area contributed by atoms with Gasteiger partial charge in [0.25, 0.3) is 5.91 Å². The molecule has 0 aliphatic heterocycles. The van der Waals surface area contributed by atoms with E-state index >= 15 is 0 Å². The lowest BCUT2D eigenvalue weighted by molar-refractivity contribution is 0.102. The SMILES string of the molecule is CS(=O)(=O)CCOc1cccc(NC(=O)c2ccc(OC3CCCC3)cc2)c1. The summed E-state index contributed by atoms with van der Waals surface area (Å²) in [6.45, 7) is 0.0681. The summed E-state index contributed by atoms with van der Waals surface area (Å²) in [5.74, 6) is 0.992. The predicted octanol–water partition coefficient (Wildman–Crippen LogP) is 3.68. The molecule has 1 aliphatic carbocycles. The number of carbonyl (C=O) groups excluding carboxylic acids is 1. The summed E-state index contributed by atoms with van der Waals surface area (Å²) in [6, 6.07) is 14.0. The van der Waals surface area contributed by atoms with Crippen molar-refractivity contribution in [2.24, 2.45) is 0 Å². The van der Waals surface area contributed by atoms with Crippen LogP contribution in [0.25, 0.3) is 0 Å². The molecule has 1 fully saturated rings. The molecule has 0 bridgehead atoms. The van der Waals surface area contributed by atoms with Gasteiger partial charge in [-0.2, -0.15) is 0 Å². The van der Waals surface area contributed by atoms with Crippen LogP contribution in [0.4, 0.5) is 5.69 Å². The second-order valence-electron chi connectivity index (χ2n) is 7.01. The fraction of sp³-hybridized carbons (Fsp3) is 0.381. The van der Waals surface area contributed by atoms with Crippen molar-refractivity contribution in [2.75, 3.05) is 23.9 Å². The molecular weight excluding hydrogens is 378 g/mol. The Morgan fingerprint density at radius 1 is 1.07 bits per heavy atom. The molecule has 0 aromatic heterocycles. The Kier molecular flexibility index (Phi) is 6.57.